The van der Waals surface area contributed by atoms with E-state index in [1.54, 1.807) is 6.20 Å². The molecule has 0 aliphatic heterocycles. The SMILES string of the molecule is Clc1ncc(I)c2cc[nH]c12. The maximum atomic E-state index is 5.82. The van der Waals surface area contributed by atoms with E-state index in [4.69, 9.17) is 11.6 Å². The molecule has 2 heterocycles. The van der Waals surface area contributed by atoms with Crippen LogP contribution in [0, 0.1) is 3.57 Å². The molecule has 2 rings (SSSR count). The second kappa shape index (κ2) is 2.64. The first-order valence-corrected chi connectivity index (χ1v) is 4.52. The third-order valence-electron chi connectivity index (χ3n) is 1.50. The molecule has 0 atom stereocenters. The number of nitrogens with zero attached hydrogens (tertiary/aromatic N) is 1. The standard InChI is InChI=1S/C7H4ClIN2/c8-7-6-4(1-2-10-6)5(9)3-11-7/h1-3,10H. The average Bonchev–Trinajstić information content (AvgIpc) is 2.45. The van der Waals surface area contributed by atoms with E-state index < -0.39 is 0 Å². The summed E-state index contributed by atoms with van der Waals surface area (Å²) < 4.78 is 1.11. The maximum Gasteiger partial charge on any atom is 0.153 e. The van der Waals surface area contributed by atoms with Gasteiger partial charge >= 0.3 is 0 Å². The Labute approximate surface area is 82.1 Å². The molecule has 0 spiro atoms. The van der Waals surface area contributed by atoms with Gasteiger partial charge in [-0.05, 0) is 28.7 Å². The highest BCUT2D eigenvalue weighted by Crippen LogP contribution is 2.23. The summed E-state index contributed by atoms with van der Waals surface area (Å²) in [6.07, 6.45) is 3.62. The zero-order chi connectivity index (χ0) is 7.84. The van der Waals surface area contributed by atoms with Gasteiger partial charge in [0.25, 0.3) is 0 Å². The van der Waals surface area contributed by atoms with Gasteiger partial charge in [0, 0.05) is 21.4 Å². The van der Waals surface area contributed by atoms with E-state index in [0.717, 1.165) is 14.5 Å². The Kier molecular flexibility index (Phi) is 1.77. The Morgan fingerprint density at radius 1 is 1.55 bits per heavy atom. The Balaban J connectivity index is 2.96. The highest BCUT2D eigenvalue weighted by atomic mass is 127. The summed E-state index contributed by atoms with van der Waals surface area (Å²) in [5.41, 5.74) is 0.915. The number of aromatic amines is 1. The number of hydrogen-bond donors (Lipinski definition) is 1. The molecule has 0 saturated carbocycles. The lowest BCUT2D eigenvalue weighted by Gasteiger charge is -1.94. The van der Waals surface area contributed by atoms with E-state index in [-0.39, 0.29) is 0 Å². The summed E-state index contributed by atoms with van der Waals surface area (Å²) in [7, 11) is 0. The summed E-state index contributed by atoms with van der Waals surface area (Å²) in [6.45, 7) is 0. The van der Waals surface area contributed by atoms with Crippen LogP contribution in [0.3, 0.4) is 0 Å². The van der Waals surface area contributed by atoms with Crippen molar-refractivity contribution in [1.29, 1.82) is 0 Å². The first kappa shape index (κ1) is 7.36. The molecule has 0 bridgehead atoms. The van der Waals surface area contributed by atoms with Crippen molar-refractivity contribution >= 4 is 45.1 Å². The highest BCUT2D eigenvalue weighted by molar-refractivity contribution is 14.1. The molecule has 2 aromatic heterocycles. The van der Waals surface area contributed by atoms with Crippen LogP contribution in [0.15, 0.2) is 18.5 Å². The normalized spacial score (nSPS) is 10.7. The Hall–Kier alpha value is -0.290. The van der Waals surface area contributed by atoms with Crippen molar-refractivity contribution < 1.29 is 0 Å². The minimum atomic E-state index is 0.533. The zero-order valence-corrected chi connectivity index (χ0v) is 8.35. The summed E-state index contributed by atoms with van der Waals surface area (Å²) in [6, 6.07) is 1.99. The van der Waals surface area contributed by atoms with Crippen LogP contribution < -0.4 is 0 Å². The average molecular weight is 278 g/mol. The van der Waals surface area contributed by atoms with Crippen molar-refractivity contribution in [2.75, 3.05) is 0 Å². The topological polar surface area (TPSA) is 28.7 Å². The van der Waals surface area contributed by atoms with Gasteiger partial charge in [-0.3, -0.25) is 0 Å². The molecule has 56 valence electrons. The molecular formula is C7H4ClIN2. The Morgan fingerprint density at radius 2 is 2.36 bits per heavy atom. The van der Waals surface area contributed by atoms with Crippen molar-refractivity contribution in [1.82, 2.24) is 9.97 Å². The van der Waals surface area contributed by atoms with Gasteiger partial charge in [0.15, 0.2) is 5.15 Å². The molecular weight excluding hydrogens is 274 g/mol. The van der Waals surface area contributed by atoms with Crippen LogP contribution in [0.2, 0.25) is 5.15 Å². The number of halogens is 2. The van der Waals surface area contributed by atoms with Gasteiger partial charge in [0.1, 0.15) is 0 Å². The van der Waals surface area contributed by atoms with Gasteiger partial charge < -0.3 is 4.98 Å². The molecule has 0 fully saturated rings. The van der Waals surface area contributed by atoms with Crippen LogP contribution in [0.4, 0.5) is 0 Å². The molecule has 2 aromatic rings. The van der Waals surface area contributed by atoms with Crippen molar-refractivity contribution in [2.45, 2.75) is 0 Å². The first-order valence-electron chi connectivity index (χ1n) is 3.06. The van der Waals surface area contributed by atoms with Crippen LogP contribution in [0.25, 0.3) is 10.9 Å². The van der Waals surface area contributed by atoms with Gasteiger partial charge in [0.05, 0.1) is 5.52 Å². The lowest BCUT2D eigenvalue weighted by molar-refractivity contribution is 1.32. The van der Waals surface area contributed by atoms with Crippen molar-refractivity contribution in [3.8, 4) is 0 Å². The monoisotopic (exact) mass is 278 g/mol. The fraction of sp³-hybridized carbons (Fsp3) is 0. The third kappa shape index (κ3) is 1.12. The number of fused-ring (bicyclic) bond motifs is 1. The molecule has 0 aliphatic carbocycles. The molecule has 0 amide bonds. The van der Waals surface area contributed by atoms with Gasteiger partial charge in [-0.2, -0.15) is 0 Å². The molecule has 11 heavy (non-hydrogen) atoms. The summed E-state index contributed by atoms with van der Waals surface area (Å²) in [4.78, 5) is 7.04. The second-order valence-electron chi connectivity index (χ2n) is 2.16. The van der Waals surface area contributed by atoms with Crippen LogP contribution in [-0.2, 0) is 0 Å². The largest absolute Gasteiger partial charge is 0.359 e. The number of rotatable bonds is 0. The predicted octanol–water partition coefficient (Wildman–Crippen LogP) is 2.82. The molecule has 4 heteroatoms. The zero-order valence-electron chi connectivity index (χ0n) is 5.44. The molecule has 0 radical (unpaired) electrons. The Morgan fingerprint density at radius 3 is 3.09 bits per heavy atom. The number of H-pyrrole nitrogens is 1. The first-order chi connectivity index (χ1) is 5.29. The number of nitrogens with one attached hydrogen (secondary N) is 1. The van der Waals surface area contributed by atoms with E-state index in [0.29, 0.717) is 5.15 Å². The summed E-state index contributed by atoms with van der Waals surface area (Å²) in [5.74, 6) is 0. The van der Waals surface area contributed by atoms with Crippen molar-refractivity contribution in [3.05, 3.63) is 27.2 Å². The van der Waals surface area contributed by atoms with Crippen molar-refractivity contribution in [2.24, 2.45) is 0 Å². The highest BCUT2D eigenvalue weighted by Gasteiger charge is 2.03. The lowest BCUT2D eigenvalue weighted by atomic mass is 10.3. The van der Waals surface area contributed by atoms with E-state index >= 15 is 0 Å². The predicted molar refractivity (Wildman–Crippen MR) is 53.8 cm³/mol. The van der Waals surface area contributed by atoms with Crippen molar-refractivity contribution in [3.63, 3.8) is 0 Å². The van der Waals surface area contributed by atoms with Gasteiger partial charge in [-0.1, -0.05) is 11.6 Å². The summed E-state index contributed by atoms with van der Waals surface area (Å²) in [5, 5.41) is 1.66. The Bertz CT molecular complexity index is 360. The lowest BCUT2D eigenvalue weighted by Crippen LogP contribution is -1.79. The van der Waals surface area contributed by atoms with E-state index in [2.05, 4.69) is 32.6 Å². The van der Waals surface area contributed by atoms with E-state index in [9.17, 15) is 0 Å². The quantitative estimate of drug-likeness (QED) is 0.582. The molecule has 0 saturated heterocycles. The fourth-order valence-corrected chi connectivity index (χ4v) is 1.78. The van der Waals surface area contributed by atoms with Gasteiger partial charge in [-0.15, -0.1) is 0 Å². The molecule has 2 nitrogen and oxygen atoms in total. The minimum Gasteiger partial charge on any atom is -0.359 e. The van der Waals surface area contributed by atoms with Crippen LogP contribution >= 0.6 is 34.2 Å². The number of hydrogen-bond acceptors (Lipinski definition) is 1. The number of pyridine rings is 1. The van der Waals surface area contributed by atoms with Crippen LogP contribution in [0.5, 0.6) is 0 Å². The summed E-state index contributed by atoms with van der Waals surface area (Å²) >= 11 is 8.05. The minimum absolute atomic E-state index is 0.533. The van der Waals surface area contributed by atoms with Gasteiger partial charge in [-0.25, -0.2) is 4.98 Å². The second-order valence-corrected chi connectivity index (χ2v) is 3.68. The molecule has 1 N–H and O–H groups in total. The maximum absolute atomic E-state index is 5.82. The van der Waals surface area contributed by atoms with E-state index in [1.807, 2.05) is 12.3 Å². The molecule has 0 aromatic carbocycles. The van der Waals surface area contributed by atoms with Gasteiger partial charge in [0.2, 0.25) is 0 Å². The van der Waals surface area contributed by atoms with E-state index in [1.165, 1.54) is 0 Å². The fourth-order valence-electron chi connectivity index (χ4n) is 0.987. The molecule has 0 unspecified atom stereocenters. The third-order valence-corrected chi connectivity index (χ3v) is 2.65. The smallest absolute Gasteiger partial charge is 0.153 e. The van der Waals surface area contributed by atoms with Crippen LogP contribution in [-0.4, -0.2) is 9.97 Å². The number of aromatic nitrogens is 2. The van der Waals surface area contributed by atoms with Crippen LogP contribution in [0.1, 0.15) is 0 Å². The molecule has 0 aliphatic rings.